The van der Waals surface area contributed by atoms with Crippen molar-refractivity contribution in [1.29, 1.82) is 0 Å². The first-order valence-electron chi connectivity index (χ1n) is 4.23. The van der Waals surface area contributed by atoms with E-state index in [1.54, 1.807) is 17.4 Å². The van der Waals surface area contributed by atoms with E-state index < -0.39 is 0 Å². The lowest BCUT2D eigenvalue weighted by molar-refractivity contribution is -0.143. The Bertz CT molecular complexity index is 295. The molecule has 1 N–H and O–H groups in total. The fourth-order valence-corrected chi connectivity index (χ4v) is 1.78. The van der Waals surface area contributed by atoms with Crippen LogP contribution in [-0.4, -0.2) is 19.6 Å². The zero-order valence-corrected chi connectivity index (χ0v) is 8.84. The maximum atomic E-state index is 11.4. The van der Waals surface area contributed by atoms with Crippen LogP contribution >= 0.6 is 11.3 Å². The molecule has 0 aliphatic carbocycles. The Morgan fingerprint density at radius 2 is 2.64 bits per heavy atom. The van der Waals surface area contributed by atoms with E-state index in [0.717, 1.165) is 5.56 Å². The highest BCUT2D eigenvalue weighted by atomic mass is 32.1. The molecule has 3 nitrogen and oxygen atoms in total. The van der Waals surface area contributed by atoms with E-state index in [4.69, 9.17) is 4.74 Å². The second-order valence-electron chi connectivity index (χ2n) is 2.71. The van der Waals surface area contributed by atoms with Crippen LogP contribution in [0, 0.1) is 0 Å². The van der Waals surface area contributed by atoms with Gasteiger partial charge in [-0.3, -0.25) is 5.32 Å². The highest BCUT2D eigenvalue weighted by Crippen LogP contribution is 2.17. The number of thiophene rings is 1. The molecule has 0 amide bonds. The summed E-state index contributed by atoms with van der Waals surface area (Å²) in [4.78, 5) is 11.4. The van der Waals surface area contributed by atoms with Crippen molar-refractivity contribution in [3.63, 3.8) is 0 Å². The van der Waals surface area contributed by atoms with Crippen LogP contribution in [0.3, 0.4) is 0 Å². The lowest BCUT2D eigenvalue weighted by Crippen LogP contribution is -2.29. The number of esters is 1. The molecular weight excluding hydrogens is 198 g/mol. The Morgan fingerprint density at radius 3 is 3.14 bits per heavy atom. The summed E-state index contributed by atoms with van der Waals surface area (Å²) in [6, 6.07) is 1.52. The molecule has 0 aliphatic heterocycles. The molecular formula is C10H13NO2S. The number of carbonyl (C=O) groups is 1. The molecule has 1 aromatic heterocycles. The van der Waals surface area contributed by atoms with Crippen molar-refractivity contribution in [3.05, 3.63) is 35.0 Å². The topological polar surface area (TPSA) is 38.3 Å². The molecule has 1 unspecified atom stereocenters. The van der Waals surface area contributed by atoms with E-state index in [1.807, 2.05) is 16.8 Å². The molecule has 0 aliphatic rings. The minimum absolute atomic E-state index is 0.273. The average molecular weight is 211 g/mol. The van der Waals surface area contributed by atoms with E-state index in [1.165, 1.54) is 7.11 Å². The monoisotopic (exact) mass is 211 g/mol. The molecule has 0 spiro atoms. The minimum Gasteiger partial charge on any atom is -0.468 e. The van der Waals surface area contributed by atoms with Gasteiger partial charge in [-0.05, 0) is 22.4 Å². The Hall–Kier alpha value is -1.13. The second kappa shape index (κ2) is 5.57. The molecule has 1 rings (SSSR count). The number of carbonyl (C=O) groups excluding carboxylic acids is 1. The normalized spacial score (nSPS) is 12.1. The van der Waals surface area contributed by atoms with Crippen molar-refractivity contribution in [2.75, 3.05) is 13.7 Å². The SMILES string of the molecule is C=CCNC(C(=O)OC)c1ccsc1. The molecule has 14 heavy (non-hydrogen) atoms. The Morgan fingerprint density at radius 1 is 1.86 bits per heavy atom. The summed E-state index contributed by atoms with van der Waals surface area (Å²) in [5, 5.41) is 6.90. The smallest absolute Gasteiger partial charge is 0.327 e. The van der Waals surface area contributed by atoms with Crippen LogP contribution in [0.2, 0.25) is 0 Å². The van der Waals surface area contributed by atoms with Gasteiger partial charge in [-0.1, -0.05) is 6.08 Å². The number of hydrogen-bond donors (Lipinski definition) is 1. The summed E-state index contributed by atoms with van der Waals surface area (Å²) in [7, 11) is 1.39. The molecule has 76 valence electrons. The molecule has 0 saturated carbocycles. The van der Waals surface area contributed by atoms with Crippen molar-refractivity contribution in [2.45, 2.75) is 6.04 Å². The van der Waals surface area contributed by atoms with E-state index in [-0.39, 0.29) is 12.0 Å². The van der Waals surface area contributed by atoms with Gasteiger partial charge in [0.2, 0.25) is 0 Å². The Kier molecular flexibility index (Phi) is 4.35. The fourth-order valence-electron chi connectivity index (χ4n) is 1.10. The molecule has 0 fully saturated rings. The molecule has 1 heterocycles. The predicted molar refractivity (Wildman–Crippen MR) is 57.3 cm³/mol. The maximum absolute atomic E-state index is 11.4. The minimum atomic E-state index is -0.385. The highest BCUT2D eigenvalue weighted by Gasteiger charge is 2.20. The van der Waals surface area contributed by atoms with Gasteiger partial charge < -0.3 is 4.74 Å². The number of ether oxygens (including phenoxy) is 1. The van der Waals surface area contributed by atoms with Crippen LogP contribution in [0.4, 0.5) is 0 Å². The largest absolute Gasteiger partial charge is 0.468 e. The van der Waals surface area contributed by atoms with E-state index in [0.29, 0.717) is 6.54 Å². The summed E-state index contributed by atoms with van der Waals surface area (Å²) < 4.78 is 4.70. The molecule has 1 aromatic rings. The number of hydrogen-bond acceptors (Lipinski definition) is 4. The van der Waals surface area contributed by atoms with Crippen LogP contribution in [0.5, 0.6) is 0 Å². The predicted octanol–water partition coefficient (Wildman–Crippen LogP) is 1.74. The van der Waals surface area contributed by atoms with Gasteiger partial charge in [0.05, 0.1) is 7.11 Å². The zero-order valence-electron chi connectivity index (χ0n) is 8.03. The van der Waals surface area contributed by atoms with Gasteiger partial charge in [0.1, 0.15) is 6.04 Å². The highest BCUT2D eigenvalue weighted by molar-refractivity contribution is 7.08. The lowest BCUT2D eigenvalue weighted by atomic mass is 10.1. The standard InChI is InChI=1S/C10H13NO2S/c1-3-5-11-9(10(12)13-2)8-4-6-14-7-8/h3-4,6-7,9,11H,1,5H2,2H3. The number of nitrogens with one attached hydrogen (secondary N) is 1. The summed E-state index contributed by atoms with van der Waals surface area (Å²) in [5.74, 6) is -0.273. The van der Waals surface area contributed by atoms with Gasteiger partial charge >= 0.3 is 5.97 Å². The average Bonchev–Trinajstić information content (AvgIpc) is 2.71. The van der Waals surface area contributed by atoms with Crippen LogP contribution in [0.1, 0.15) is 11.6 Å². The third-order valence-corrected chi connectivity index (χ3v) is 2.48. The van der Waals surface area contributed by atoms with Gasteiger partial charge in [0, 0.05) is 6.54 Å². The Labute approximate surface area is 87.4 Å². The lowest BCUT2D eigenvalue weighted by Gasteiger charge is -2.13. The quantitative estimate of drug-likeness (QED) is 0.595. The van der Waals surface area contributed by atoms with Gasteiger partial charge in [0.25, 0.3) is 0 Å². The van der Waals surface area contributed by atoms with Gasteiger partial charge in [-0.25, -0.2) is 4.79 Å². The zero-order chi connectivity index (χ0) is 10.4. The summed E-state index contributed by atoms with van der Waals surface area (Å²) in [6.07, 6.45) is 1.71. The molecule has 0 aromatic carbocycles. The molecule has 4 heteroatoms. The van der Waals surface area contributed by atoms with Crippen molar-refractivity contribution in [1.82, 2.24) is 5.32 Å². The van der Waals surface area contributed by atoms with Crippen LogP contribution in [0.25, 0.3) is 0 Å². The summed E-state index contributed by atoms with van der Waals surface area (Å²) in [5.41, 5.74) is 0.934. The molecule has 1 atom stereocenters. The summed E-state index contributed by atoms with van der Waals surface area (Å²) >= 11 is 1.56. The van der Waals surface area contributed by atoms with Crippen LogP contribution in [0.15, 0.2) is 29.5 Å². The van der Waals surface area contributed by atoms with Gasteiger partial charge in [-0.2, -0.15) is 11.3 Å². The second-order valence-corrected chi connectivity index (χ2v) is 3.49. The van der Waals surface area contributed by atoms with Crippen molar-refractivity contribution >= 4 is 17.3 Å². The Balaban J connectivity index is 2.71. The third kappa shape index (κ3) is 2.68. The van der Waals surface area contributed by atoms with E-state index in [9.17, 15) is 4.79 Å². The molecule has 0 radical (unpaired) electrons. The maximum Gasteiger partial charge on any atom is 0.327 e. The van der Waals surface area contributed by atoms with Crippen molar-refractivity contribution in [2.24, 2.45) is 0 Å². The first-order chi connectivity index (χ1) is 6.79. The molecule has 0 bridgehead atoms. The summed E-state index contributed by atoms with van der Waals surface area (Å²) in [6.45, 7) is 4.17. The van der Waals surface area contributed by atoms with Gasteiger partial charge in [-0.15, -0.1) is 6.58 Å². The van der Waals surface area contributed by atoms with Crippen LogP contribution < -0.4 is 5.32 Å². The van der Waals surface area contributed by atoms with Crippen molar-refractivity contribution in [3.8, 4) is 0 Å². The fraction of sp³-hybridized carbons (Fsp3) is 0.300. The first-order valence-corrected chi connectivity index (χ1v) is 5.18. The van der Waals surface area contributed by atoms with E-state index in [2.05, 4.69) is 11.9 Å². The van der Waals surface area contributed by atoms with E-state index >= 15 is 0 Å². The van der Waals surface area contributed by atoms with Gasteiger partial charge in [0.15, 0.2) is 0 Å². The van der Waals surface area contributed by atoms with Crippen molar-refractivity contribution < 1.29 is 9.53 Å². The third-order valence-electron chi connectivity index (χ3n) is 1.78. The first kappa shape index (κ1) is 10.9. The number of rotatable bonds is 5. The number of methoxy groups -OCH3 is 1. The molecule has 0 saturated heterocycles. The van der Waals surface area contributed by atoms with Crippen LogP contribution in [-0.2, 0) is 9.53 Å².